The number of rotatable bonds is 6. The third kappa shape index (κ3) is 4.44. The fraction of sp³-hybridized carbons (Fsp3) is 0.0909. The van der Waals surface area contributed by atoms with Crippen molar-refractivity contribution in [1.29, 1.82) is 0 Å². The molecule has 0 fully saturated rings. The fourth-order valence-corrected chi connectivity index (χ4v) is 3.45. The van der Waals surface area contributed by atoms with Gasteiger partial charge in [0, 0.05) is 15.6 Å². The number of methoxy groups -OCH3 is 2. The number of ether oxygens (including phenoxy) is 2. The molecule has 0 heterocycles. The van der Waals surface area contributed by atoms with E-state index < -0.39 is 5.91 Å². The van der Waals surface area contributed by atoms with Crippen molar-refractivity contribution in [2.24, 2.45) is 0 Å². The number of halogens is 2. The lowest BCUT2D eigenvalue weighted by molar-refractivity contribution is 0.102. The van der Waals surface area contributed by atoms with Crippen molar-refractivity contribution in [3.63, 3.8) is 0 Å². The Labute approximate surface area is 181 Å². The maximum atomic E-state index is 13.1. The van der Waals surface area contributed by atoms with Gasteiger partial charge in [-0.3, -0.25) is 9.59 Å². The summed E-state index contributed by atoms with van der Waals surface area (Å²) in [7, 11) is 2.94. The van der Waals surface area contributed by atoms with Crippen LogP contribution >= 0.6 is 27.5 Å². The average molecular weight is 475 g/mol. The zero-order chi connectivity index (χ0) is 21.0. The van der Waals surface area contributed by atoms with E-state index in [9.17, 15) is 9.59 Å². The van der Waals surface area contributed by atoms with Crippen molar-refractivity contribution in [2.45, 2.75) is 0 Å². The van der Waals surface area contributed by atoms with Crippen molar-refractivity contribution < 1.29 is 19.1 Å². The second-order valence-electron chi connectivity index (χ2n) is 5.99. The zero-order valence-electron chi connectivity index (χ0n) is 15.7. The minimum absolute atomic E-state index is 0.233. The third-order valence-corrected chi connectivity index (χ3v) is 5.07. The molecular weight excluding hydrogens is 458 g/mol. The van der Waals surface area contributed by atoms with E-state index in [1.807, 2.05) is 0 Å². The largest absolute Gasteiger partial charge is 0.496 e. The van der Waals surface area contributed by atoms with Crippen LogP contribution in [-0.4, -0.2) is 25.9 Å². The molecule has 0 saturated heterocycles. The van der Waals surface area contributed by atoms with Gasteiger partial charge in [-0.15, -0.1) is 0 Å². The molecule has 0 aromatic heterocycles. The second-order valence-corrected chi connectivity index (χ2v) is 7.31. The minimum atomic E-state index is -0.463. The first-order valence-electron chi connectivity index (χ1n) is 8.57. The standard InChI is InChI=1S/C22H17BrClNO4/c1-28-18-8-5-9-19(29-2)20(18)22(27)25-17-11-10-13(23)12-15(17)21(26)14-6-3-4-7-16(14)24/h3-12H,1-2H3,(H,25,27). The maximum absolute atomic E-state index is 13.1. The molecule has 29 heavy (non-hydrogen) atoms. The molecule has 0 aliphatic carbocycles. The summed E-state index contributed by atoms with van der Waals surface area (Å²) in [4.78, 5) is 26.1. The molecule has 0 atom stereocenters. The fourth-order valence-electron chi connectivity index (χ4n) is 2.86. The molecule has 0 saturated carbocycles. The smallest absolute Gasteiger partial charge is 0.263 e. The normalized spacial score (nSPS) is 10.3. The highest BCUT2D eigenvalue weighted by Crippen LogP contribution is 2.31. The highest BCUT2D eigenvalue weighted by molar-refractivity contribution is 9.10. The lowest BCUT2D eigenvalue weighted by Gasteiger charge is -2.15. The van der Waals surface area contributed by atoms with Crippen LogP contribution in [0, 0.1) is 0 Å². The van der Waals surface area contributed by atoms with Crippen molar-refractivity contribution in [2.75, 3.05) is 19.5 Å². The first-order valence-corrected chi connectivity index (χ1v) is 9.74. The maximum Gasteiger partial charge on any atom is 0.263 e. The Bertz CT molecular complexity index is 1060. The Morgan fingerprint density at radius 2 is 1.55 bits per heavy atom. The quantitative estimate of drug-likeness (QED) is 0.472. The Morgan fingerprint density at radius 3 is 2.17 bits per heavy atom. The van der Waals surface area contributed by atoms with E-state index in [1.165, 1.54) is 14.2 Å². The molecule has 5 nitrogen and oxygen atoms in total. The molecule has 3 aromatic carbocycles. The summed E-state index contributed by atoms with van der Waals surface area (Å²) < 4.78 is 11.3. The Morgan fingerprint density at radius 1 is 0.897 bits per heavy atom. The topological polar surface area (TPSA) is 64.6 Å². The van der Waals surface area contributed by atoms with Crippen LogP contribution in [0.25, 0.3) is 0 Å². The first kappa shape index (κ1) is 20.9. The number of ketones is 1. The lowest BCUT2D eigenvalue weighted by atomic mass is 10.0. The summed E-state index contributed by atoms with van der Waals surface area (Å²) in [6.45, 7) is 0. The average Bonchev–Trinajstić information content (AvgIpc) is 2.74. The van der Waals surface area contributed by atoms with Crippen LogP contribution in [0.3, 0.4) is 0 Å². The summed E-state index contributed by atoms with van der Waals surface area (Å²) in [6.07, 6.45) is 0. The summed E-state index contributed by atoms with van der Waals surface area (Å²) in [5.74, 6) is -0.0510. The van der Waals surface area contributed by atoms with E-state index in [1.54, 1.807) is 60.7 Å². The molecule has 3 rings (SSSR count). The Hall–Kier alpha value is -2.83. The van der Waals surface area contributed by atoms with Gasteiger partial charge in [-0.25, -0.2) is 0 Å². The van der Waals surface area contributed by atoms with E-state index >= 15 is 0 Å². The van der Waals surface area contributed by atoms with Crippen LogP contribution in [0.5, 0.6) is 11.5 Å². The molecular formula is C22H17BrClNO4. The monoisotopic (exact) mass is 473 g/mol. The molecule has 0 aliphatic rings. The molecule has 148 valence electrons. The molecule has 7 heteroatoms. The van der Waals surface area contributed by atoms with Crippen LogP contribution in [-0.2, 0) is 0 Å². The van der Waals surface area contributed by atoms with Gasteiger partial charge in [-0.05, 0) is 42.5 Å². The number of anilines is 1. The molecule has 0 bridgehead atoms. The van der Waals surface area contributed by atoms with E-state index in [0.717, 1.165) is 0 Å². The second kappa shape index (κ2) is 9.11. The van der Waals surface area contributed by atoms with Gasteiger partial charge in [0.05, 0.1) is 24.9 Å². The number of hydrogen-bond donors (Lipinski definition) is 1. The molecule has 0 spiro atoms. The van der Waals surface area contributed by atoms with Crippen molar-refractivity contribution in [3.05, 3.63) is 86.8 Å². The third-order valence-electron chi connectivity index (χ3n) is 4.25. The summed E-state index contributed by atoms with van der Waals surface area (Å²) in [5.41, 5.74) is 1.22. The Kier molecular flexibility index (Phi) is 6.56. The summed E-state index contributed by atoms with van der Waals surface area (Å²) in [5, 5.41) is 3.12. The van der Waals surface area contributed by atoms with Gasteiger partial charge in [-0.2, -0.15) is 0 Å². The van der Waals surface area contributed by atoms with Crippen molar-refractivity contribution in [3.8, 4) is 11.5 Å². The molecule has 3 aromatic rings. The number of benzene rings is 3. The predicted octanol–water partition coefficient (Wildman–Crippen LogP) is 5.60. The number of carbonyl (C=O) groups is 2. The van der Waals surface area contributed by atoms with Gasteiger partial charge in [0.1, 0.15) is 17.1 Å². The molecule has 0 unspecified atom stereocenters. The van der Waals surface area contributed by atoms with Crippen LogP contribution < -0.4 is 14.8 Å². The number of nitrogens with one attached hydrogen (secondary N) is 1. The van der Waals surface area contributed by atoms with Crippen LogP contribution in [0.2, 0.25) is 5.02 Å². The van der Waals surface area contributed by atoms with E-state index in [4.69, 9.17) is 21.1 Å². The lowest BCUT2D eigenvalue weighted by Crippen LogP contribution is -2.17. The zero-order valence-corrected chi connectivity index (χ0v) is 18.0. The van der Waals surface area contributed by atoms with Gasteiger partial charge in [0.2, 0.25) is 0 Å². The molecule has 0 radical (unpaired) electrons. The predicted molar refractivity (Wildman–Crippen MR) is 117 cm³/mol. The van der Waals surface area contributed by atoms with E-state index in [0.29, 0.717) is 37.8 Å². The van der Waals surface area contributed by atoms with Crippen LogP contribution in [0.4, 0.5) is 5.69 Å². The molecule has 1 amide bonds. The SMILES string of the molecule is COc1cccc(OC)c1C(=O)Nc1ccc(Br)cc1C(=O)c1ccccc1Cl. The van der Waals surface area contributed by atoms with Gasteiger partial charge in [-0.1, -0.05) is 45.7 Å². The van der Waals surface area contributed by atoms with Gasteiger partial charge in [0.15, 0.2) is 5.78 Å². The molecule has 0 aliphatic heterocycles. The van der Waals surface area contributed by atoms with Gasteiger partial charge >= 0.3 is 0 Å². The van der Waals surface area contributed by atoms with Crippen LogP contribution in [0.1, 0.15) is 26.3 Å². The van der Waals surface area contributed by atoms with E-state index in [2.05, 4.69) is 21.2 Å². The van der Waals surface area contributed by atoms with Crippen molar-refractivity contribution >= 4 is 44.9 Å². The van der Waals surface area contributed by atoms with Crippen molar-refractivity contribution in [1.82, 2.24) is 0 Å². The number of hydrogen-bond acceptors (Lipinski definition) is 4. The molecule has 1 N–H and O–H groups in total. The number of carbonyl (C=O) groups excluding carboxylic acids is 2. The van der Waals surface area contributed by atoms with E-state index in [-0.39, 0.29) is 11.3 Å². The summed E-state index contributed by atoms with van der Waals surface area (Å²) in [6, 6.07) is 16.8. The number of amides is 1. The highest BCUT2D eigenvalue weighted by Gasteiger charge is 2.22. The van der Waals surface area contributed by atoms with Crippen LogP contribution in [0.15, 0.2) is 65.1 Å². The summed E-state index contributed by atoms with van der Waals surface area (Å²) >= 11 is 9.56. The van der Waals surface area contributed by atoms with Gasteiger partial charge in [0.25, 0.3) is 5.91 Å². The Balaban J connectivity index is 2.03. The first-order chi connectivity index (χ1) is 14.0. The highest BCUT2D eigenvalue weighted by atomic mass is 79.9. The minimum Gasteiger partial charge on any atom is -0.496 e. The van der Waals surface area contributed by atoms with Gasteiger partial charge < -0.3 is 14.8 Å².